The molecule has 0 amide bonds. The summed E-state index contributed by atoms with van der Waals surface area (Å²) in [5.74, 6) is -0.243. The number of carbonyl (C=O) groups is 1. The Morgan fingerprint density at radius 1 is 1.67 bits per heavy atom. The molecule has 5 heteroatoms. The minimum Gasteiger partial charge on any atom is -0.469 e. The number of methoxy groups -OCH3 is 1. The molecule has 1 unspecified atom stereocenters. The van der Waals surface area contributed by atoms with Crippen LogP contribution >= 0.6 is 11.3 Å². The molecule has 1 fully saturated rings. The van der Waals surface area contributed by atoms with Crippen molar-refractivity contribution in [3.05, 3.63) is 11.1 Å². The van der Waals surface area contributed by atoms with Gasteiger partial charge in [-0.05, 0) is 18.3 Å². The van der Waals surface area contributed by atoms with Crippen LogP contribution in [0.3, 0.4) is 0 Å². The van der Waals surface area contributed by atoms with Gasteiger partial charge in [-0.15, -0.1) is 11.3 Å². The summed E-state index contributed by atoms with van der Waals surface area (Å²) in [4.78, 5) is 15.6. The Labute approximate surface area is 112 Å². The number of ether oxygens (including phenoxy) is 1. The average molecular weight is 268 g/mol. The molecule has 1 atom stereocenters. The Bertz CT molecular complexity index is 428. The topological polar surface area (TPSA) is 51.2 Å². The number of esters is 1. The zero-order valence-corrected chi connectivity index (χ0v) is 12.0. The monoisotopic (exact) mass is 268 g/mol. The predicted molar refractivity (Wildman–Crippen MR) is 72.9 cm³/mol. The van der Waals surface area contributed by atoms with Crippen molar-refractivity contribution >= 4 is 22.4 Å². The molecule has 1 aliphatic rings. The van der Waals surface area contributed by atoms with E-state index in [2.05, 4.69) is 28.9 Å². The maximum Gasteiger partial charge on any atom is 0.311 e. The number of anilines is 1. The first-order chi connectivity index (χ1) is 8.51. The van der Waals surface area contributed by atoms with Gasteiger partial charge in [-0.1, -0.05) is 20.3 Å². The van der Waals surface area contributed by atoms with Crippen molar-refractivity contribution in [3.8, 4) is 0 Å². The third-order valence-electron chi connectivity index (χ3n) is 3.66. The van der Waals surface area contributed by atoms with Crippen molar-refractivity contribution in [3.63, 3.8) is 0 Å². The van der Waals surface area contributed by atoms with Crippen LogP contribution < -0.4 is 5.32 Å². The maximum absolute atomic E-state index is 11.2. The molecule has 1 N–H and O–H groups in total. The third-order valence-corrected chi connectivity index (χ3v) is 4.48. The molecule has 0 radical (unpaired) electrons. The van der Waals surface area contributed by atoms with E-state index in [1.807, 2.05) is 5.38 Å². The van der Waals surface area contributed by atoms with E-state index < -0.39 is 0 Å². The van der Waals surface area contributed by atoms with E-state index in [-0.39, 0.29) is 12.4 Å². The van der Waals surface area contributed by atoms with Gasteiger partial charge in [0.15, 0.2) is 5.13 Å². The van der Waals surface area contributed by atoms with Gasteiger partial charge in [-0.3, -0.25) is 4.79 Å². The highest BCUT2D eigenvalue weighted by Crippen LogP contribution is 2.39. The molecule has 1 aromatic heterocycles. The Morgan fingerprint density at radius 3 is 3.06 bits per heavy atom. The van der Waals surface area contributed by atoms with Gasteiger partial charge < -0.3 is 10.1 Å². The third kappa shape index (κ3) is 3.02. The summed E-state index contributed by atoms with van der Waals surface area (Å²) in [5.41, 5.74) is 1.11. The largest absolute Gasteiger partial charge is 0.469 e. The van der Waals surface area contributed by atoms with Crippen LogP contribution in [0.4, 0.5) is 5.13 Å². The Hall–Kier alpha value is -1.10. The minimum atomic E-state index is -0.243. The molecule has 0 aliphatic heterocycles. The van der Waals surface area contributed by atoms with Gasteiger partial charge in [0.1, 0.15) is 0 Å². The van der Waals surface area contributed by atoms with Gasteiger partial charge in [0.25, 0.3) is 0 Å². The van der Waals surface area contributed by atoms with Crippen molar-refractivity contribution in [1.82, 2.24) is 4.98 Å². The van der Waals surface area contributed by atoms with Crippen molar-refractivity contribution in [1.29, 1.82) is 0 Å². The highest BCUT2D eigenvalue weighted by Gasteiger charge is 2.34. The fourth-order valence-corrected chi connectivity index (χ4v) is 3.18. The first kappa shape index (κ1) is 13.3. The fourth-order valence-electron chi connectivity index (χ4n) is 2.42. The van der Waals surface area contributed by atoms with E-state index in [9.17, 15) is 4.79 Å². The Balaban J connectivity index is 1.96. The summed E-state index contributed by atoms with van der Waals surface area (Å²) in [6.45, 7) is 4.58. The van der Waals surface area contributed by atoms with Crippen LogP contribution in [0.25, 0.3) is 0 Å². The molecule has 1 aliphatic carbocycles. The quantitative estimate of drug-likeness (QED) is 0.853. The number of thiazole rings is 1. The van der Waals surface area contributed by atoms with Crippen molar-refractivity contribution < 1.29 is 9.53 Å². The van der Waals surface area contributed by atoms with Gasteiger partial charge in [0.2, 0.25) is 0 Å². The first-order valence-electron chi connectivity index (χ1n) is 6.29. The number of carbonyl (C=O) groups excluding carboxylic acids is 1. The molecule has 1 aromatic rings. The van der Waals surface area contributed by atoms with Gasteiger partial charge in [0.05, 0.1) is 19.2 Å². The molecule has 1 heterocycles. The summed E-state index contributed by atoms with van der Waals surface area (Å²) in [6.07, 6.45) is 3.97. The van der Waals surface area contributed by atoms with E-state index in [0.29, 0.717) is 11.5 Å². The maximum atomic E-state index is 11.2. The number of nitrogens with one attached hydrogen (secondary N) is 1. The molecule has 1 saturated carbocycles. The van der Waals surface area contributed by atoms with Crippen LogP contribution in [0, 0.1) is 5.41 Å². The van der Waals surface area contributed by atoms with Crippen molar-refractivity contribution in [2.24, 2.45) is 5.41 Å². The van der Waals surface area contributed by atoms with Crippen LogP contribution in [0.5, 0.6) is 0 Å². The van der Waals surface area contributed by atoms with E-state index in [4.69, 9.17) is 0 Å². The smallest absolute Gasteiger partial charge is 0.311 e. The standard InChI is InChI=1S/C13H20N2O2S/c1-13(2)6-4-5-10(13)15-12-14-9(8-18-12)7-11(16)17-3/h8,10H,4-7H2,1-3H3,(H,14,15). The Kier molecular flexibility index (Phi) is 3.90. The van der Waals surface area contributed by atoms with Crippen LogP contribution in [0.15, 0.2) is 5.38 Å². The number of aromatic nitrogens is 1. The fraction of sp³-hybridized carbons (Fsp3) is 0.692. The first-order valence-corrected chi connectivity index (χ1v) is 7.17. The van der Waals surface area contributed by atoms with Gasteiger partial charge >= 0.3 is 5.97 Å². The summed E-state index contributed by atoms with van der Waals surface area (Å²) < 4.78 is 4.64. The number of hydrogen-bond acceptors (Lipinski definition) is 5. The molecule has 0 bridgehead atoms. The summed E-state index contributed by atoms with van der Waals surface area (Å²) in [5, 5.41) is 6.33. The van der Waals surface area contributed by atoms with Gasteiger partial charge in [-0.25, -0.2) is 4.98 Å². The summed E-state index contributed by atoms with van der Waals surface area (Å²) >= 11 is 1.56. The Morgan fingerprint density at radius 2 is 2.44 bits per heavy atom. The molecule has 100 valence electrons. The van der Waals surface area contributed by atoms with Gasteiger partial charge in [-0.2, -0.15) is 0 Å². The zero-order chi connectivity index (χ0) is 13.2. The highest BCUT2D eigenvalue weighted by molar-refractivity contribution is 7.13. The zero-order valence-electron chi connectivity index (χ0n) is 11.2. The highest BCUT2D eigenvalue weighted by atomic mass is 32.1. The van der Waals surface area contributed by atoms with Crippen LogP contribution in [0.1, 0.15) is 38.8 Å². The lowest BCUT2D eigenvalue weighted by Gasteiger charge is -2.27. The number of nitrogens with zero attached hydrogens (tertiary/aromatic N) is 1. The second-order valence-corrected chi connectivity index (χ2v) is 6.33. The number of rotatable bonds is 4. The predicted octanol–water partition coefficient (Wildman–Crippen LogP) is 2.85. The second kappa shape index (κ2) is 5.26. The lowest BCUT2D eigenvalue weighted by molar-refractivity contribution is -0.139. The molecule has 18 heavy (non-hydrogen) atoms. The molecular formula is C13H20N2O2S. The van der Waals surface area contributed by atoms with Crippen molar-refractivity contribution in [2.75, 3.05) is 12.4 Å². The second-order valence-electron chi connectivity index (χ2n) is 5.47. The molecule has 2 rings (SSSR count). The molecule has 0 spiro atoms. The van der Waals surface area contributed by atoms with Crippen molar-refractivity contribution in [2.45, 2.75) is 45.6 Å². The van der Waals surface area contributed by atoms with E-state index >= 15 is 0 Å². The summed E-state index contributed by atoms with van der Waals surface area (Å²) in [7, 11) is 1.40. The van der Waals surface area contributed by atoms with Crippen LogP contribution in [-0.4, -0.2) is 24.1 Å². The minimum absolute atomic E-state index is 0.243. The SMILES string of the molecule is COC(=O)Cc1csc(NC2CCCC2(C)C)n1. The molecule has 4 nitrogen and oxygen atoms in total. The van der Waals surface area contributed by atoms with E-state index in [0.717, 1.165) is 10.8 Å². The average Bonchev–Trinajstić information content (AvgIpc) is 2.87. The van der Waals surface area contributed by atoms with Gasteiger partial charge in [0, 0.05) is 11.4 Å². The number of hydrogen-bond donors (Lipinski definition) is 1. The van der Waals surface area contributed by atoms with E-state index in [1.54, 1.807) is 11.3 Å². The lowest BCUT2D eigenvalue weighted by atomic mass is 9.87. The normalized spacial score (nSPS) is 21.8. The lowest BCUT2D eigenvalue weighted by Crippen LogP contribution is -2.30. The van der Waals surface area contributed by atoms with Crippen LogP contribution in [-0.2, 0) is 16.0 Å². The van der Waals surface area contributed by atoms with E-state index in [1.165, 1.54) is 26.4 Å². The van der Waals surface area contributed by atoms with Crippen LogP contribution in [0.2, 0.25) is 0 Å². The summed E-state index contributed by atoms with van der Waals surface area (Å²) in [6, 6.07) is 0.481. The molecule has 0 saturated heterocycles. The molecular weight excluding hydrogens is 248 g/mol. The molecule has 0 aromatic carbocycles.